The topological polar surface area (TPSA) is 223 Å². The molecule has 0 aliphatic carbocycles. The average molecular weight is 821 g/mol. The molecule has 0 saturated carbocycles. The van der Waals surface area contributed by atoms with Gasteiger partial charge in [-0.2, -0.15) is 0 Å². The SMILES string of the molecule is CCC(CC)(OCOP(=O)(O)O)C(=O)N[C@H]1Cc2ccc3c(c2)C24c5cccc(c5NC2O3)-c2cccc3[nH]cc(c23)-c2cnc(o2)-c2nc(oc24)[C@H](C(C)C)NC1=O. The second kappa shape index (κ2) is 13.4. The Morgan fingerprint density at radius 3 is 2.63 bits per heavy atom. The van der Waals surface area contributed by atoms with Crippen molar-refractivity contribution in [2.45, 2.75) is 76.3 Å². The second-order valence-electron chi connectivity index (χ2n) is 15.7. The molecule has 0 saturated heterocycles. The summed E-state index contributed by atoms with van der Waals surface area (Å²) in [6, 6.07) is 16.1. The van der Waals surface area contributed by atoms with E-state index in [1.807, 2.05) is 56.4 Å². The molecule has 0 fully saturated rings. The lowest BCUT2D eigenvalue weighted by Crippen LogP contribution is -2.56. The minimum absolute atomic E-state index is 0.0693. The number of oxazole rings is 2. The van der Waals surface area contributed by atoms with E-state index in [2.05, 4.69) is 43.7 Å². The summed E-state index contributed by atoms with van der Waals surface area (Å²) in [4.78, 5) is 60.5. The summed E-state index contributed by atoms with van der Waals surface area (Å²) in [5.74, 6) is 0.615. The molecule has 6 N–H and O–H groups in total. The number of phosphoric ester groups is 1. The molecule has 2 amide bonds. The Kier molecular flexibility index (Phi) is 8.50. The molecule has 16 nitrogen and oxygen atoms in total. The van der Waals surface area contributed by atoms with Gasteiger partial charge in [0.1, 0.15) is 28.8 Å². The predicted molar refractivity (Wildman–Crippen MR) is 213 cm³/mol. The average Bonchev–Trinajstić information content (AvgIpc) is 4.04. The maximum absolute atomic E-state index is 14.5. The van der Waals surface area contributed by atoms with Crippen LogP contribution < -0.4 is 20.7 Å². The van der Waals surface area contributed by atoms with Gasteiger partial charge in [0.05, 0.1) is 6.20 Å². The number of hydrogen-bond donors (Lipinski definition) is 6. The van der Waals surface area contributed by atoms with E-state index in [0.29, 0.717) is 28.5 Å². The smallest absolute Gasteiger partial charge is 0.469 e. The monoisotopic (exact) mass is 820 g/mol. The molecular formula is C42H41N6O10P. The largest absolute Gasteiger partial charge is 0.471 e. The van der Waals surface area contributed by atoms with Crippen molar-refractivity contribution in [3.63, 3.8) is 0 Å². The number of H-pyrrole nitrogens is 1. The molecule has 3 aromatic heterocycles. The van der Waals surface area contributed by atoms with Crippen molar-refractivity contribution in [2.75, 3.05) is 12.1 Å². The summed E-state index contributed by atoms with van der Waals surface area (Å²) in [6.07, 6.45) is 3.22. The maximum atomic E-state index is 14.5. The number of nitrogens with zero attached hydrogens (tertiary/aromatic N) is 2. The molecule has 6 aromatic rings. The van der Waals surface area contributed by atoms with Gasteiger partial charge in [0.15, 0.2) is 30.2 Å². The van der Waals surface area contributed by atoms with Crippen LogP contribution in [0.15, 0.2) is 75.8 Å². The van der Waals surface area contributed by atoms with Crippen LogP contribution in [0.25, 0.3) is 44.9 Å². The fourth-order valence-corrected chi connectivity index (χ4v) is 9.39. The zero-order valence-corrected chi connectivity index (χ0v) is 33.4. The van der Waals surface area contributed by atoms with Crippen LogP contribution >= 0.6 is 7.82 Å². The van der Waals surface area contributed by atoms with Gasteiger partial charge in [0.2, 0.25) is 17.7 Å². The zero-order chi connectivity index (χ0) is 41.0. The first-order valence-corrected chi connectivity index (χ1v) is 21.1. The Morgan fingerprint density at radius 2 is 1.85 bits per heavy atom. The van der Waals surface area contributed by atoms with E-state index in [1.165, 1.54) is 0 Å². The van der Waals surface area contributed by atoms with Crippen LogP contribution in [0.2, 0.25) is 0 Å². The van der Waals surface area contributed by atoms with Crippen LogP contribution in [-0.2, 0) is 35.3 Å². The highest BCUT2D eigenvalue weighted by Crippen LogP contribution is 2.61. The van der Waals surface area contributed by atoms with Crippen LogP contribution in [0.5, 0.6) is 5.75 Å². The highest BCUT2D eigenvalue weighted by molar-refractivity contribution is 7.46. The van der Waals surface area contributed by atoms with E-state index >= 15 is 0 Å². The van der Waals surface area contributed by atoms with E-state index < -0.39 is 55.8 Å². The number of benzene rings is 3. The number of aromatic amines is 1. The van der Waals surface area contributed by atoms with E-state index in [0.717, 1.165) is 44.4 Å². The Balaban J connectivity index is 1.18. The summed E-state index contributed by atoms with van der Waals surface area (Å²) in [6.45, 7) is 6.44. The first-order valence-electron chi connectivity index (χ1n) is 19.6. The quantitative estimate of drug-likeness (QED) is 0.0684. The normalized spacial score (nSPS) is 21.3. The van der Waals surface area contributed by atoms with E-state index in [9.17, 15) is 23.9 Å². The van der Waals surface area contributed by atoms with Crippen molar-refractivity contribution in [3.8, 4) is 39.8 Å². The van der Waals surface area contributed by atoms with Gasteiger partial charge in [-0.3, -0.25) is 14.1 Å². The molecule has 4 aliphatic rings. The fourth-order valence-electron chi connectivity index (χ4n) is 9.20. The lowest BCUT2D eigenvalue weighted by molar-refractivity contribution is -0.162. The minimum Gasteiger partial charge on any atom is -0.469 e. The number of nitrogens with one attached hydrogen (secondary N) is 4. The van der Waals surface area contributed by atoms with Gasteiger partial charge in [-0.15, -0.1) is 0 Å². The molecule has 304 valence electrons. The molecule has 2 unspecified atom stereocenters. The third-order valence-electron chi connectivity index (χ3n) is 12.2. The molecule has 10 rings (SSSR count). The lowest BCUT2D eigenvalue weighted by atomic mass is 9.72. The van der Waals surface area contributed by atoms with E-state index in [4.69, 9.17) is 28.3 Å². The number of fused-ring (bicyclic) bond motifs is 7. The summed E-state index contributed by atoms with van der Waals surface area (Å²) in [5.41, 5.74) is 4.58. The predicted octanol–water partition coefficient (Wildman–Crippen LogP) is 6.43. The number of anilines is 1. The Bertz CT molecular complexity index is 2750. The highest BCUT2D eigenvalue weighted by atomic mass is 31.2. The molecule has 4 aliphatic heterocycles. The molecule has 7 heterocycles. The van der Waals surface area contributed by atoms with Gasteiger partial charge in [0.25, 0.3) is 5.91 Å². The van der Waals surface area contributed by atoms with Crippen molar-refractivity contribution in [2.24, 2.45) is 5.92 Å². The maximum Gasteiger partial charge on any atom is 0.471 e. The minimum atomic E-state index is -4.88. The summed E-state index contributed by atoms with van der Waals surface area (Å²) in [7, 11) is -4.88. The molecule has 0 radical (unpaired) electrons. The Labute approximate surface area is 337 Å². The molecular weight excluding hydrogens is 779 g/mol. The van der Waals surface area contributed by atoms with Gasteiger partial charge < -0.3 is 49.0 Å². The van der Waals surface area contributed by atoms with Crippen molar-refractivity contribution in [1.29, 1.82) is 0 Å². The number of phosphoric acid groups is 1. The molecule has 59 heavy (non-hydrogen) atoms. The number of hydrogen-bond acceptors (Lipinski definition) is 11. The number of carbonyl (C=O) groups excluding carboxylic acids is 2. The fraction of sp³-hybridized carbons (Fsp3) is 0.333. The number of carbonyl (C=O) groups is 2. The molecule has 1 spiro atoms. The lowest BCUT2D eigenvalue weighted by Gasteiger charge is -2.33. The summed E-state index contributed by atoms with van der Waals surface area (Å²) in [5, 5.41) is 10.8. The summed E-state index contributed by atoms with van der Waals surface area (Å²) >= 11 is 0. The van der Waals surface area contributed by atoms with Crippen molar-refractivity contribution >= 4 is 36.2 Å². The van der Waals surface area contributed by atoms with Crippen molar-refractivity contribution in [3.05, 3.63) is 95.3 Å². The Morgan fingerprint density at radius 1 is 1.05 bits per heavy atom. The first kappa shape index (κ1) is 37.5. The van der Waals surface area contributed by atoms with E-state index in [-0.39, 0.29) is 37.0 Å². The number of ether oxygens (including phenoxy) is 2. The summed E-state index contributed by atoms with van der Waals surface area (Å²) < 4.78 is 42.1. The van der Waals surface area contributed by atoms with Crippen LogP contribution in [-0.4, -0.2) is 61.2 Å². The van der Waals surface area contributed by atoms with Crippen molar-refractivity contribution < 1.29 is 46.8 Å². The first-order chi connectivity index (χ1) is 28.3. The van der Waals surface area contributed by atoms with E-state index in [1.54, 1.807) is 20.0 Å². The van der Waals surface area contributed by atoms with Gasteiger partial charge >= 0.3 is 7.82 Å². The molecule has 10 bridgehead atoms. The molecule has 3 aromatic carbocycles. The van der Waals surface area contributed by atoms with Gasteiger partial charge in [0, 0.05) is 51.5 Å². The third kappa shape index (κ3) is 5.61. The van der Waals surface area contributed by atoms with Gasteiger partial charge in [-0.05, 0) is 42.0 Å². The number of rotatable bonds is 9. The van der Waals surface area contributed by atoms with Gasteiger partial charge in [-0.25, -0.2) is 14.5 Å². The third-order valence-corrected chi connectivity index (χ3v) is 12.7. The molecule has 4 atom stereocenters. The molecule has 17 heteroatoms. The van der Waals surface area contributed by atoms with Crippen LogP contribution in [0.4, 0.5) is 5.69 Å². The number of amides is 2. The van der Waals surface area contributed by atoms with Crippen molar-refractivity contribution in [1.82, 2.24) is 25.6 Å². The second-order valence-corrected chi connectivity index (χ2v) is 17.0. The number of aromatic nitrogens is 3. The zero-order valence-electron chi connectivity index (χ0n) is 32.5. The Hall–Kier alpha value is -5.77. The highest BCUT2D eigenvalue weighted by Gasteiger charge is 2.61. The van der Waals surface area contributed by atoms with Gasteiger partial charge in [-0.1, -0.05) is 70.2 Å². The van der Waals surface area contributed by atoms with Crippen LogP contribution in [0.1, 0.15) is 74.9 Å². The number of para-hydroxylation sites is 1. The standard InChI is InChI=1S/C42H41N6O10P/c1-5-41(6-2,54-19-55-59(51,52)53)39(50)45-28-16-21-13-14-29-26(15-21)42-25-11-7-10-23(33(25)48-40(42)57-29)22-9-8-12-27-31(22)24(17-43-27)30-18-44-37(56-30)34-35(42)58-38(47-34)32(20(3)4)46-36(28)49/h7-15,17-18,20,28,32,40,43,48H,5-6,16,19H2,1-4H3,(H,45,50)(H,46,49)(H2,51,52,53)/t28-,32-,40?,42?/m0/s1. The van der Waals surface area contributed by atoms with Crippen LogP contribution in [0, 0.1) is 5.92 Å². The van der Waals surface area contributed by atoms with Crippen LogP contribution in [0.3, 0.4) is 0 Å².